The third kappa shape index (κ3) is 7.84. The second-order valence-corrected chi connectivity index (χ2v) is 2.12. The first-order valence-corrected chi connectivity index (χ1v) is 2.95. The van der Waals surface area contributed by atoms with E-state index in [9.17, 15) is 0 Å². The Hall–Kier alpha value is -0.160. The van der Waals surface area contributed by atoms with Crippen LogP contribution in [0.2, 0.25) is 0 Å². The summed E-state index contributed by atoms with van der Waals surface area (Å²) in [6, 6.07) is 0.0590. The first-order valence-electron chi connectivity index (χ1n) is 2.95. The summed E-state index contributed by atoms with van der Waals surface area (Å²) < 4.78 is 0. The van der Waals surface area contributed by atoms with Crippen LogP contribution in [0.3, 0.4) is 0 Å². The number of aliphatic hydroxyl groups excluding tert-OH is 1. The number of hydrogen-bond donors (Lipinski definition) is 4. The SMILES string of the molecule is CC(N)CNCC(O)O. The van der Waals surface area contributed by atoms with Gasteiger partial charge in [-0.25, -0.2) is 0 Å². The predicted octanol–water partition coefficient (Wildman–Crippen LogP) is -1.77. The summed E-state index contributed by atoms with van der Waals surface area (Å²) >= 11 is 0. The standard InChI is InChI=1S/C5H14N2O2/c1-4(6)2-7-3-5(8)9/h4-5,7-9H,2-3,6H2,1H3. The fraction of sp³-hybridized carbons (Fsp3) is 1.00. The fourth-order valence-electron chi connectivity index (χ4n) is 0.440. The van der Waals surface area contributed by atoms with Crippen LogP contribution in [0.25, 0.3) is 0 Å². The molecule has 0 radical (unpaired) electrons. The zero-order chi connectivity index (χ0) is 7.28. The Morgan fingerprint density at radius 3 is 2.33 bits per heavy atom. The van der Waals surface area contributed by atoms with Crippen molar-refractivity contribution in [3.63, 3.8) is 0 Å². The molecule has 0 aromatic heterocycles. The van der Waals surface area contributed by atoms with Gasteiger partial charge in [0.1, 0.15) is 0 Å². The molecule has 0 spiro atoms. The van der Waals surface area contributed by atoms with Crippen molar-refractivity contribution in [3.8, 4) is 0 Å². The van der Waals surface area contributed by atoms with Crippen molar-refractivity contribution in [1.29, 1.82) is 0 Å². The van der Waals surface area contributed by atoms with Crippen LogP contribution in [-0.4, -0.2) is 35.6 Å². The Bertz CT molecular complexity index is 58.0. The summed E-state index contributed by atoms with van der Waals surface area (Å²) in [6.07, 6.45) is -1.27. The van der Waals surface area contributed by atoms with Crippen molar-refractivity contribution < 1.29 is 10.2 Å². The van der Waals surface area contributed by atoms with Gasteiger partial charge in [-0.05, 0) is 6.92 Å². The van der Waals surface area contributed by atoms with Gasteiger partial charge >= 0.3 is 0 Å². The molecule has 0 heterocycles. The highest BCUT2D eigenvalue weighted by Crippen LogP contribution is 1.72. The van der Waals surface area contributed by atoms with Crippen LogP contribution in [0, 0.1) is 0 Å². The molecular formula is C5H14N2O2. The summed E-state index contributed by atoms with van der Waals surface area (Å²) in [5.74, 6) is 0. The third-order valence-electron chi connectivity index (χ3n) is 0.793. The molecule has 0 saturated carbocycles. The van der Waals surface area contributed by atoms with Crippen LogP contribution < -0.4 is 11.1 Å². The van der Waals surface area contributed by atoms with Crippen LogP contribution in [0.5, 0.6) is 0 Å². The number of hydrogen-bond acceptors (Lipinski definition) is 4. The molecule has 9 heavy (non-hydrogen) atoms. The maximum Gasteiger partial charge on any atom is 0.164 e. The zero-order valence-electron chi connectivity index (χ0n) is 5.54. The van der Waals surface area contributed by atoms with E-state index in [0.29, 0.717) is 6.54 Å². The quantitative estimate of drug-likeness (QED) is 0.343. The maximum atomic E-state index is 8.32. The average molecular weight is 134 g/mol. The highest BCUT2D eigenvalue weighted by atomic mass is 16.5. The number of nitrogens with two attached hydrogens (primary N) is 1. The maximum absolute atomic E-state index is 8.32. The lowest BCUT2D eigenvalue weighted by molar-refractivity contribution is -0.0371. The Labute approximate surface area is 54.7 Å². The van der Waals surface area contributed by atoms with Crippen molar-refractivity contribution >= 4 is 0 Å². The highest BCUT2D eigenvalue weighted by Gasteiger charge is 1.96. The van der Waals surface area contributed by atoms with Crippen molar-refractivity contribution in [1.82, 2.24) is 5.32 Å². The van der Waals surface area contributed by atoms with E-state index in [2.05, 4.69) is 5.32 Å². The first kappa shape index (κ1) is 8.84. The zero-order valence-corrected chi connectivity index (χ0v) is 5.54. The van der Waals surface area contributed by atoms with Gasteiger partial charge < -0.3 is 21.3 Å². The molecule has 4 heteroatoms. The van der Waals surface area contributed by atoms with Crippen molar-refractivity contribution in [3.05, 3.63) is 0 Å². The van der Waals surface area contributed by atoms with Crippen molar-refractivity contribution in [2.75, 3.05) is 13.1 Å². The summed E-state index contributed by atoms with van der Waals surface area (Å²) in [4.78, 5) is 0. The third-order valence-corrected chi connectivity index (χ3v) is 0.793. The lowest BCUT2D eigenvalue weighted by atomic mass is 10.3. The smallest absolute Gasteiger partial charge is 0.164 e. The lowest BCUT2D eigenvalue weighted by Crippen LogP contribution is -2.35. The monoisotopic (exact) mass is 134 g/mol. The topological polar surface area (TPSA) is 78.5 Å². The molecule has 5 N–H and O–H groups in total. The van der Waals surface area contributed by atoms with Crippen molar-refractivity contribution in [2.45, 2.75) is 19.3 Å². The number of nitrogens with one attached hydrogen (secondary N) is 1. The molecule has 0 aromatic carbocycles. The lowest BCUT2D eigenvalue weighted by Gasteiger charge is -2.07. The van der Waals surface area contributed by atoms with E-state index >= 15 is 0 Å². The molecule has 0 rings (SSSR count). The minimum atomic E-state index is -1.27. The van der Waals surface area contributed by atoms with Gasteiger partial charge in [-0.3, -0.25) is 0 Å². The van der Waals surface area contributed by atoms with E-state index in [1.807, 2.05) is 6.92 Å². The first-order chi connectivity index (χ1) is 4.13. The Kier molecular flexibility index (Phi) is 4.61. The van der Waals surface area contributed by atoms with Crippen LogP contribution in [-0.2, 0) is 0 Å². The van der Waals surface area contributed by atoms with Gasteiger partial charge in [-0.1, -0.05) is 0 Å². The average Bonchev–Trinajstić information content (AvgIpc) is 1.63. The molecule has 0 fully saturated rings. The summed E-state index contributed by atoms with van der Waals surface area (Å²) in [7, 11) is 0. The molecule has 0 aromatic rings. The molecule has 0 amide bonds. The summed E-state index contributed by atoms with van der Waals surface area (Å²) in [5.41, 5.74) is 5.35. The molecule has 0 aliphatic carbocycles. The van der Waals surface area contributed by atoms with E-state index in [4.69, 9.17) is 15.9 Å². The number of rotatable bonds is 4. The molecular weight excluding hydrogens is 120 g/mol. The molecule has 0 bridgehead atoms. The minimum absolute atomic E-state index is 0.0590. The molecule has 0 aliphatic rings. The van der Waals surface area contributed by atoms with Crippen LogP contribution in [0.15, 0.2) is 0 Å². The van der Waals surface area contributed by atoms with Gasteiger partial charge in [0.15, 0.2) is 6.29 Å². The van der Waals surface area contributed by atoms with Gasteiger partial charge in [0.2, 0.25) is 0 Å². The molecule has 4 nitrogen and oxygen atoms in total. The Morgan fingerprint density at radius 1 is 1.44 bits per heavy atom. The summed E-state index contributed by atoms with van der Waals surface area (Å²) in [5, 5.41) is 19.4. The number of aliphatic hydroxyl groups is 2. The molecule has 0 saturated heterocycles. The Morgan fingerprint density at radius 2 is 2.00 bits per heavy atom. The largest absolute Gasteiger partial charge is 0.367 e. The van der Waals surface area contributed by atoms with Crippen LogP contribution >= 0.6 is 0 Å². The summed E-state index contributed by atoms with van der Waals surface area (Å²) in [6.45, 7) is 2.63. The molecule has 1 unspecified atom stereocenters. The molecule has 56 valence electrons. The fourth-order valence-corrected chi connectivity index (χ4v) is 0.440. The minimum Gasteiger partial charge on any atom is -0.367 e. The molecule has 0 aliphatic heterocycles. The second-order valence-electron chi connectivity index (χ2n) is 2.12. The van der Waals surface area contributed by atoms with E-state index in [-0.39, 0.29) is 12.6 Å². The van der Waals surface area contributed by atoms with Crippen molar-refractivity contribution in [2.24, 2.45) is 5.73 Å². The Balaban J connectivity index is 2.91. The normalized spacial score (nSPS) is 14.3. The van der Waals surface area contributed by atoms with Crippen LogP contribution in [0.4, 0.5) is 0 Å². The highest BCUT2D eigenvalue weighted by molar-refractivity contribution is 4.56. The van der Waals surface area contributed by atoms with Gasteiger partial charge in [0, 0.05) is 19.1 Å². The van der Waals surface area contributed by atoms with Gasteiger partial charge in [-0.15, -0.1) is 0 Å². The van der Waals surface area contributed by atoms with Gasteiger partial charge in [0.05, 0.1) is 0 Å². The molecule has 1 atom stereocenters. The van der Waals surface area contributed by atoms with Gasteiger partial charge in [-0.2, -0.15) is 0 Å². The van der Waals surface area contributed by atoms with E-state index in [1.165, 1.54) is 0 Å². The van der Waals surface area contributed by atoms with Crippen LogP contribution in [0.1, 0.15) is 6.92 Å². The van der Waals surface area contributed by atoms with E-state index in [1.54, 1.807) is 0 Å². The van der Waals surface area contributed by atoms with Gasteiger partial charge in [0.25, 0.3) is 0 Å². The van der Waals surface area contributed by atoms with E-state index < -0.39 is 6.29 Å². The second kappa shape index (κ2) is 4.69. The predicted molar refractivity (Wildman–Crippen MR) is 34.7 cm³/mol. The van der Waals surface area contributed by atoms with E-state index in [0.717, 1.165) is 0 Å².